The molecule has 0 radical (unpaired) electrons. The highest BCUT2D eigenvalue weighted by atomic mass is 32.2. The number of nitrogens with zero attached hydrogens (tertiary/aromatic N) is 1. The van der Waals surface area contributed by atoms with E-state index in [0.29, 0.717) is 23.1 Å². The Morgan fingerprint density at radius 1 is 0.892 bits per heavy atom. The molecule has 3 aromatic carbocycles. The number of H-pyrrole nitrogens is 1. The van der Waals surface area contributed by atoms with E-state index < -0.39 is 17.1 Å². The molecule has 0 spiro atoms. The Bertz CT molecular complexity index is 1560. The van der Waals surface area contributed by atoms with Crippen molar-refractivity contribution in [3.63, 3.8) is 0 Å². The van der Waals surface area contributed by atoms with Crippen LogP contribution < -0.4 is 14.5 Å². The molecule has 4 aromatic rings. The summed E-state index contributed by atoms with van der Waals surface area (Å²) in [6.45, 7) is 4.48. The van der Waals surface area contributed by atoms with E-state index in [1.165, 1.54) is 22.2 Å². The van der Waals surface area contributed by atoms with Crippen LogP contribution >= 0.6 is 23.1 Å². The minimum absolute atomic E-state index is 0.184. The molecule has 2 aliphatic rings. The molecule has 0 aliphatic carbocycles. The third kappa shape index (κ3) is 4.20. The lowest BCUT2D eigenvalue weighted by Gasteiger charge is -2.29. The fourth-order valence-electron chi connectivity index (χ4n) is 5.03. The first kappa shape index (κ1) is 23.8. The maximum atomic E-state index is 13.8. The zero-order chi connectivity index (χ0) is 25.7. The Morgan fingerprint density at radius 3 is 2.35 bits per heavy atom. The second-order valence-electron chi connectivity index (χ2n) is 9.38. The molecule has 1 saturated heterocycles. The summed E-state index contributed by atoms with van der Waals surface area (Å²) >= 11 is 2.40. The van der Waals surface area contributed by atoms with Gasteiger partial charge in [0.25, 0.3) is 0 Å². The van der Waals surface area contributed by atoms with Gasteiger partial charge >= 0.3 is 4.87 Å². The number of anilines is 1. The molecule has 37 heavy (non-hydrogen) atoms. The summed E-state index contributed by atoms with van der Waals surface area (Å²) in [6.07, 6.45) is 0. The van der Waals surface area contributed by atoms with Gasteiger partial charge in [0.15, 0.2) is 0 Å². The smallest absolute Gasteiger partial charge is 0.305 e. The van der Waals surface area contributed by atoms with Crippen LogP contribution in [-0.4, -0.2) is 22.0 Å². The fourth-order valence-corrected chi connectivity index (χ4v) is 7.54. The van der Waals surface area contributed by atoms with Crippen LogP contribution in [0.25, 0.3) is 0 Å². The largest absolute Gasteiger partial charge is 0.489 e. The number of ether oxygens (including phenoxy) is 1. The van der Waals surface area contributed by atoms with E-state index in [1.54, 1.807) is 12.1 Å². The second-order valence-corrected chi connectivity index (χ2v) is 11.5. The van der Waals surface area contributed by atoms with Crippen molar-refractivity contribution < 1.29 is 14.3 Å². The number of aromatic nitrogens is 1. The number of benzene rings is 3. The molecule has 2 amide bonds. The zero-order valence-electron chi connectivity index (χ0n) is 20.3. The summed E-state index contributed by atoms with van der Waals surface area (Å²) in [5.74, 6) is -0.766. The van der Waals surface area contributed by atoms with E-state index in [4.69, 9.17) is 4.74 Å². The monoisotopic (exact) mass is 528 g/mol. The number of hydrogen-bond donors (Lipinski definition) is 1. The predicted octanol–water partition coefficient (Wildman–Crippen LogP) is 5.43. The molecular formula is C29H24N2O4S2. The van der Waals surface area contributed by atoms with Crippen molar-refractivity contribution in [2.75, 3.05) is 4.90 Å². The molecule has 3 atom stereocenters. The number of amides is 2. The molecular weight excluding hydrogens is 504 g/mol. The first-order chi connectivity index (χ1) is 17.9. The van der Waals surface area contributed by atoms with Crippen molar-refractivity contribution >= 4 is 40.6 Å². The van der Waals surface area contributed by atoms with Crippen LogP contribution in [0.2, 0.25) is 0 Å². The Kier molecular flexibility index (Phi) is 6.01. The van der Waals surface area contributed by atoms with E-state index in [0.717, 1.165) is 32.9 Å². The number of carbonyl (C=O) groups excluding carboxylic acids is 2. The number of rotatable bonds is 5. The number of nitrogens with one attached hydrogen (secondary N) is 1. The van der Waals surface area contributed by atoms with Crippen LogP contribution in [0, 0.1) is 19.8 Å². The van der Waals surface area contributed by atoms with Crippen molar-refractivity contribution in [3.05, 3.63) is 110 Å². The average molecular weight is 529 g/mol. The summed E-state index contributed by atoms with van der Waals surface area (Å²) < 4.78 is 6.01. The Morgan fingerprint density at radius 2 is 1.62 bits per heavy atom. The Balaban J connectivity index is 1.33. The van der Waals surface area contributed by atoms with Gasteiger partial charge in [-0.05, 0) is 54.8 Å². The molecule has 0 bridgehead atoms. The minimum Gasteiger partial charge on any atom is -0.489 e. The van der Waals surface area contributed by atoms with E-state index in [-0.39, 0.29) is 16.7 Å². The fraction of sp³-hybridized carbons (Fsp3) is 0.207. The number of thiazole rings is 1. The van der Waals surface area contributed by atoms with Gasteiger partial charge in [0.1, 0.15) is 17.6 Å². The highest BCUT2D eigenvalue weighted by molar-refractivity contribution is 8.00. The van der Waals surface area contributed by atoms with Gasteiger partial charge in [-0.1, -0.05) is 77.2 Å². The standard InChI is InChI=1S/C29H24N2O4S2/c1-16-7-11-20(12-8-16)31-27(32)23-22(24-26(30-29(34)37-24)36-25(23)28(31)33)18-9-13-21(14-10-18)35-15-19-6-4-3-5-17(19)2/h3-14,22-23,25H,15H2,1-2H3,(H,30,34)/t22-,23-,25+/m0/s1. The van der Waals surface area contributed by atoms with Gasteiger partial charge in [0, 0.05) is 10.8 Å². The summed E-state index contributed by atoms with van der Waals surface area (Å²) in [6, 6.07) is 23.1. The van der Waals surface area contributed by atoms with Crippen LogP contribution in [0.5, 0.6) is 5.75 Å². The molecule has 3 heterocycles. The van der Waals surface area contributed by atoms with Gasteiger partial charge in [-0.3, -0.25) is 14.4 Å². The number of hydrogen-bond acceptors (Lipinski definition) is 6. The quantitative estimate of drug-likeness (QED) is 0.350. The van der Waals surface area contributed by atoms with Crippen molar-refractivity contribution in [2.45, 2.75) is 36.6 Å². The maximum Gasteiger partial charge on any atom is 0.305 e. The first-order valence-electron chi connectivity index (χ1n) is 12.0. The third-order valence-corrected chi connectivity index (χ3v) is 9.41. The molecule has 6 rings (SSSR count). The molecule has 0 unspecified atom stereocenters. The van der Waals surface area contributed by atoms with Crippen LogP contribution in [0.15, 0.2) is 82.6 Å². The molecule has 1 N–H and O–H groups in total. The normalized spacial score (nSPS) is 20.6. The molecule has 8 heteroatoms. The van der Waals surface area contributed by atoms with Crippen molar-refractivity contribution in [2.24, 2.45) is 5.92 Å². The lowest BCUT2D eigenvalue weighted by Crippen LogP contribution is -2.32. The molecule has 186 valence electrons. The van der Waals surface area contributed by atoms with E-state index in [1.807, 2.05) is 61.5 Å². The lowest BCUT2D eigenvalue weighted by atomic mass is 9.83. The van der Waals surface area contributed by atoms with Crippen LogP contribution in [0.4, 0.5) is 5.69 Å². The number of carbonyl (C=O) groups is 2. The predicted molar refractivity (Wildman–Crippen MR) is 146 cm³/mol. The molecule has 1 fully saturated rings. The Labute approximate surface area is 222 Å². The minimum atomic E-state index is -0.603. The summed E-state index contributed by atoms with van der Waals surface area (Å²) in [4.78, 5) is 44.4. The zero-order valence-corrected chi connectivity index (χ0v) is 21.9. The van der Waals surface area contributed by atoms with Crippen molar-refractivity contribution in [1.29, 1.82) is 0 Å². The van der Waals surface area contributed by atoms with Crippen molar-refractivity contribution in [3.8, 4) is 5.75 Å². The summed E-state index contributed by atoms with van der Waals surface area (Å²) in [5.41, 5.74) is 4.79. The number of imide groups is 1. The van der Waals surface area contributed by atoms with Gasteiger partial charge in [-0.25, -0.2) is 4.90 Å². The Hall–Kier alpha value is -3.62. The van der Waals surface area contributed by atoms with Gasteiger partial charge in [0.05, 0.1) is 16.6 Å². The van der Waals surface area contributed by atoms with Gasteiger partial charge in [0.2, 0.25) is 11.8 Å². The number of aryl methyl sites for hydroxylation is 2. The maximum absolute atomic E-state index is 13.8. The van der Waals surface area contributed by atoms with Crippen LogP contribution in [0.3, 0.4) is 0 Å². The van der Waals surface area contributed by atoms with E-state index in [2.05, 4.69) is 18.0 Å². The number of aromatic amines is 1. The first-order valence-corrected chi connectivity index (χ1v) is 13.7. The molecule has 1 aromatic heterocycles. The van der Waals surface area contributed by atoms with Gasteiger partial charge < -0.3 is 9.72 Å². The van der Waals surface area contributed by atoms with Crippen molar-refractivity contribution in [1.82, 2.24) is 4.98 Å². The number of fused-ring (bicyclic) bond motifs is 2. The highest BCUT2D eigenvalue weighted by Crippen LogP contribution is 2.53. The van der Waals surface area contributed by atoms with E-state index in [9.17, 15) is 14.4 Å². The van der Waals surface area contributed by atoms with Crippen LogP contribution in [0.1, 0.15) is 33.0 Å². The third-order valence-electron chi connectivity index (χ3n) is 7.01. The van der Waals surface area contributed by atoms with Gasteiger partial charge in [-0.2, -0.15) is 0 Å². The highest BCUT2D eigenvalue weighted by Gasteiger charge is 2.56. The number of thioether (sulfide) groups is 1. The topological polar surface area (TPSA) is 79.5 Å². The van der Waals surface area contributed by atoms with Gasteiger partial charge in [-0.15, -0.1) is 0 Å². The molecule has 6 nitrogen and oxygen atoms in total. The van der Waals surface area contributed by atoms with E-state index >= 15 is 0 Å². The van der Waals surface area contributed by atoms with Crippen LogP contribution in [-0.2, 0) is 16.2 Å². The molecule has 2 aliphatic heterocycles. The summed E-state index contributed by atoms with van der Waals surface area (Å²) in [7, 11) is 0. The SMILES string of the molecule is Cc1ccc(N2C(=O)[C@H]3[C@H](c4ccc(OCc5ccccc5C)cc4)c4sc(=O)[nH]c4S[C@H]3C2=O)cc1. The average Bonchev–Trinajstić information content (AvgIpc) is 3.39. The summed E-state index contributed by atoms with van der Waals surface area (Å²) in [5, 5.41) is 0.0709. The second kappa shape index (κ2) is 9.36. The lowest BCUT2D eigenvalue weighted by molar-refractivity contribution is -0.122. The molecule has 0 saturated carbocycles.